The first-order valence-corrected chi connectivity index (χ1v) is 12.5. The van der Waals surface area contributed by atoms with Crippen molar-refractivity contribution >= 4 is 17.9 Å². The molecule has 0 spiro atoms. The molecule has 1 heterocycles. The molecule has 0 aliphatic carbocycles. The topological polar surface area (TPSA) is 108 Å². The van der Waals surface area contributed by atoms with E-state index in [-0.39, 0.29) is 18.4 Å². The van der Waals surface area contributed by atoms with Crippen LogP contribution in [-0.4, -0.2) is 58.7 Å². The van der Waals surface area contributed by atoms with Gasteiger partial charge in [-0.3, -0.25) is 9.59 Å². The van der Waals surface area contributed by atoms with E-state index < -0.39 is 29.7 Å². The first-order chi connectivity index (χ1) is 16.3. The molecule has 1 aromatic carbocycles. The summed E-state index contributed by atoms with van der Waals surface area (Å²) in [5.74, 6) is -0.970. The maximum Gasteiger partial charge on any atom is 0.408 e. The molecule has 34 heavy (non-hydrogen) atoms. The minimum atomic E-state index is -1.38. The fourth-order valence-corrected chi connectivity index (χ4v) is 4.21. The molecule has 0 saturated carbocycles. The number of nitrogens with zero attached hydrogens (tertiary/aromatic N) is 1. The molecule has 0 aromatic heterocycles. The monoisotopic (exact) mass is 475 g/mol. The lowest BCUT2D eigenvalue weighted by Crippen LogP contribution is -2.64. The van der Waals surface area contributed by atoms with Crippen molar-refractivity contribution in [2.75, 3.05) is 13.1 Å². The highest BCUT2D eigenvalue weighted by molar-refractivity contribution is 5.92. The number of likely N-dealkylation sites (tertiary alicyclic amines) is 1. The first kappa shape index (κ1) is 27.6. The fourth-order valence-electron chi connectivity index (χ4n) is 4.21. The molecule has 8 nitrogen and oxygen atoms in total. The van der Waals surface area contributed by atoms with E-state index in [2.05, 4.69) is 10.6 Å². The fraction of sp³-hybridized carbons (Fsp3) is 0.654. The van der Waals surface area contributed by atoms with Crippen molar-refractivity contribution in [2.24, 2.45) is 5.92 Å². The van der Waals surface area contributed by atoms with Gasteiger partial charge in [-0.15, -0.1) is 0 Å². The molecule has 2 rings (SSSR count). The maximum absolute atomic E-state index is 13.4. The molecule has 1 aromatic rings. The van der Waals surface area contributed by atoms with Gasteiger partial charge in [-0.05, 0) is 43.6 Å². The van der Waals surface area contributed by atoms with Gasteiger partial charge < -0.3 is 25.4 Å². The molecule has 1 aliphatic rings. The normalized spacial score (nSPS) is 16.8. The Labute approximate surface area is 203 Å². The predicted molar refractivity (Wildman–Crippen MR) is 131 cm³/mol. The number of alkyl carbamates (subject to hydrolysis) is 1. The molecular formula is C26H41N3O5. The van der Waals surface area contributed by atoms with Crippen LogP contribution >= 0.6 is 0 Å². The second-order valence-electron chi connectivity index (χ2n) is 9.21. The number of benzene rings is 1. The Kier molecular flexibility index (Phi) is 10.8. The highest BCUT2D eigenvalue weighted by Gasteiger charge is 2.43. The van der Waals surface area contributed by atoms with Crippen molar-refractivity contribution in [3.05, 3.63) is 35.9 Å². The molecule has 0 radical (unpaired) electrons. The van der Waals surface area contributed by atoms with Crippen molar-refractivity contribution in [3.8, 4) is 0 Å². The summed E-state index contributed by atoms with van der Waals surface area (Å²) in [5.41, 5.74) is -0.539. The Morgan fingerprint density at radius 1 is 1.03 bits per heavy atom. The molecule has 3 atom stereocenters. The van der Waals surface area contributed by atoms with Gasteiger partial charge in [0, 0.05) is 13.1 Å². The Morgan fingerprint density at radius 3 is 2.21 bits per heavy atom. The van der Waals surface area contributed by atoms with Gasteiger partial charge in [0.15, 0.2) is 0 Å². The third kappa shape index (κ3) is 7.45. The SMILES string of the molecule is CC[C@H](C)[C@H](NC(=O)OCc1ccccc1)C(=O)NC(C(=O)N1CCCCC1)C(O)(CC)CC. The van der Waals surface area contributed by atoms with Crippen LogP contribution in [0.25, 0.3) is 0 Å². The lowest BCUT2D eigenvalue weighted by molar-refractivity contribution is -0.146. The van der Waals surface area contributed by atoms with Crippen LogP contribution in [-0.2, 0) is 20.9 Å². The Morgan fingerprint density at radius 2 is 1.65 bits per heavy atom. The van der Waals surface area contributed by atoms with Crippen LogP contribution in [0.4, 0.5) is 4.79 Å². The third-order valence-electron chi connectivity index (χ3n) is 6.94. The molecule has 1 unspecified atom stereocenters. The molecule has 1 aliphatic heterocycles. The Hall–Kier alpha value is -2.61. The van der Waals surface area contributed by atoms with E-state index in [0.29, 0.717) is 32.4 Å². The number of hydrogen-bond donors (Lipinski definition) is 3. The zero-order valence-electron chi connectivity index (χ0n) is 21.0. The zero-order chi connectivity index (χ0) is 25.1. The van der Waals surface area contributed by atoms with E-state index >= 15 is 0 Å². The van der Waals surface area contributed by atoms with E-state index in [1.54, 1.807) is 18.7 Å². The molecule has 3 N–H and O–H groups in total. The molecule has 1 saturated heterocycles. The van der Waals surface area contributed by atoms with Gasteiger partial charge in [0.05, 0.1) is 5.60 Å². The summed E-state index contributed by atoms with van der Waals surface area (Å²) < 4.78 is 5.31. The number of nitrogens with one attached hydrogen (secondary N) is 2. The molecule has 8 heteroatoms. The average Bonchev–Trinajstić information content (AvgIpc) is 2.88. The van der Waals surface area contributed by atoms with Crippen LogP contribution in [0.2, 0.25) is 0 Å². The minimum absolute atomic E-state index is 0.0863. The lowest BCUT2D eigenvalue weighted by atomic mass is 9.86. The van der Waals surface area contributed by atoms with Gasteiger partial charge in [-0.1, -0.05) is 64.4 Å². The second-order valence-corrected chi connectivity index (χ2v) is 9.21. The zero-order valence-corrected chi connectivity index (χ0v) is 21.0. The summed E-state index contributed by atoms with van der Waals surface area (Å²) in [4.78, 5) is 41.0. The number of amides is 3. The smallest absolute Gasteiger partial charge is 0.408 e. The number of rotatable bonds is 11. The first-order valence-electron chi connectivity index (χ1n) is 12.5. The van der Waals surface area contributed by atoms with Crippen LogP contribution in [0.15, 0.2) is 30.3 Å². The minimum Gasteiger partial charge on any atom is -0.445 e. The second kappa shape index (κ2) is 13.3. The number of ether oxygens (including phenoxy) is 1. The van der Waals surface area contributed by atoms with Gasteiger partial charge in [-0.25, -0.2) is 4.79 Å². The van der Waals surface area contributed by atoms with Crippen LogP contribution in [0, 0.1) is 5.92 Å². The predicted octanol–water partition coefficient (Wildman–Crippen LogP) is 3.38. The van der Waals surface area contributed by atoms with E-state index in [1.165, 1.54) is 0 Å². The van der Waals surface area contributed by atoms with Gasteiger partial charge >= 0.3 is 6.09 Å². The van der Waals surface area contributed by atoms with Crippen LogP contribution in [0.5, 0.6) is 0 Å². The quantitative estimate of drug-likeness (QED) is 0.455. The summed E-state index contributed by atoms with van der Waals surface area (Å²) in [6.45, 7) is 8.71. The molecule has 3 amide bonds. The van der Waals surface area contributed by atoms with Crippen molar-refractivity contribution < 1.29 is 24.2 Å². The van der Waals surface area contributed by atoms with Crippen molar-refractivity contribution in [1.29, 1.82) is 0 Å². The summed E-state index contributed by atoms with van der Waals surface area (Å²) in [6, 6.07) is 7.30. The molecular weight excluding hydrogens is 434 g/mol. The van der Waals surface area contributed by atoms with Crippen LogP contribution in [0.3, 0.4) is 0 Å². The number of carbonyl (C=O) groups is 3. The van der Waals surface area contributed by atoms with Crippen molar-refractivity contribution in [2.45, 2.75) is 90.5 Å². The number of piperidine rings is 1. The lowest BCUT2D eigenvalue weighted by Gasteiger charge is -2.39. The van der Waals surface area contributed by atoms with Gasteiger partial charge in [-0.2, -0.15) is 0 Å². The third-order valence-corrected chi connectivity index (χ3v) is 6.94. The molecule has 0 bridgehead atoms. The highest BCUT2D eigenvalue weighted by Crippen LogP contribution is 2.24. The van der Waals surface area contributed by atoms with E-state index in [1.807, 2.05) is 44.2 Å². The number of carbonyl (C=O) groups excluding carboxylic acids is 3. The van der Waals surface area contributed by atoms with E-state index in [0.717, 1.165) is 24.8 Å². The summed E-state index contributed by atoms with van der Waals surface area (Å²) >= 11 is 0. The van der Waals surface area contributed by atoms with E-state index in [9.17, 15) is 19.5 Å². The average molecular weight is 476 g/mol. The summed E-state index contributed by atoms with van der Waals surface area (Å²) in [7, 11) is 0. The molecule has 190 valence electrons. The van der Waals surface area contributed by atoms with Gasteiger partial charge in [0.25, 0.3) is 0 Å². The van der Waals surface area contributed by atoms with Gasteiger partial charge in [0.1, 0.15) is 18.7 Å². The van der Waals surface area contributed by atoms with Crippen molar-refractivity contribution in [3.63, 3.8) is 0 Å². The number of aliphatic hydroxyl groups is 1. The summed E-state index contributed by atoms with van der Waals surface area (Å²) in [6.07, 6.45) is 3.44. The van der Waals surface area contributed by atoms with E-state index in [4.69, 9.17) is 4.74 Å². The Bertz CT molecular complexity index is 791. The van der Waals surface area contributed by atoms with Crippen molar-refractivity contribution in [1.82, 2.24) is 15.5 Å². The Balaban J connectivity index is 2.15. The number of hydrogen-bond acceptors (Lipinski definition) is 5. The maximum atomic E-state index is 13.4. The molecule has 1 fully saturated rings. The standard InChI is InChI=1S/C26H41N3O5/c1-5-19(4)21(27-25(32)34-18-20-14-10-8-11-15-20)23(30)28-22(26(33,6-2)7-3)24(31)29-16-12-9-13-17-29/h8,10-11,14-15,19,21-22,33H,5-7,9,12-13,16-18H2,1-4H3,(H,27,32)(H,28,30)/t19-,21-,22?/m0/s1. The van der Waals surface area contributed by atoms with Crippen LogP contribution in [0.1, 0.15) is 71.8 Å². The highest BCUT2D eigenvalue weighted by atomic mass is 16.5. The van der Waals surface area contributed by atoms with Gasteiger partial charge in [0.2, 0.25) is 11.8 Å². The summed E-state index contributed by atoms with van der Waals surface area (Å²) in [5, 5.41) is 16.7. The largest absolute Gasteiger partial charge is 0.445 e. The van der Waals surface area contributed by atoms with Crippen LogP contribution < -0.4 is 10.6 Å².